The zero-order valence-electron chi connectivity index (χ0n) is 11.6. The maximum Gasteiger partial charge on any atom is 0.0721 e. The van der Waals surface area contributed by atoms with Crippen LogP contribution < -0.4 is 5.32 Å². The predicted octanol–water partition coefficient (Wildman–Crippen LogP) is 2.19. The van der Waals surface area contributed by atoms with Crippen LogP contribution >= 0.6 is 0 Å². The maximum atomic E-state index is 5.66. The minimum absolute atomic E-state index is 0.340. The second-order valence-electron chi connectivity index (χ2n) is 5.43. The molecule has 1 aliphatic heterocycles. The monoisotopic (exact) mass is 248 g/mol. The van der Waals surface area contributed by atoms with Gasteiger partial charge in [-0.15, -0.1) is 0 Å². The maximum absolute atomic E-state index is 5.66. The van der Waals surface area contributed by atoms with Crippen LogP contribution in [-0.4, -0.2) is 38.2 Å². The van der Waals surface area contributed by atoms with Gasteiger partial charge in [-0.2, -0.15) is 0 Å². The number of rotatable bonds is 5. The highest BCUT2D eigenvalue weighted by Crippen LogP contribution is 2.24. The van der Waals surface area contributed by atoms with Crippen LogP contribution in [0.2, 0.25) is 0 Å². The largest absolute Gasteiger partial charge is 0.375 e. The molecular weight excluding hydrogens is 224 g/mol. The molecule has 0 spiro atoms. The van der Waals surface area contributed by atoms with E-state index in [1.807, 2.05) is 0 Å². The Labute approximate surface area is 110 Å². The van der Waals surface area contributed by atoms with Gasteiger partial charge in [0, 0.05) is 6.04 Å². The highest BCUT2D eigenvalue weighted by molar-refractivity contribution is 5.31. The molecule has 0 aliphatic carbocycles. The van der Waals surface area contributed by atoms with Crippen LogP contribution in [0.5, 0.6) is 0 Å². The molecule has 3 heteroatoms. The molecule has 100 valence electrons. The molecule has 0 aromatic heterocycles. The van der Waals surface area contributed by atoms with E-state index in [0.717, 1.165) is 26.2 Å². The Kier molecular flexibility index (Phi) is 4.75. The highest BCUT2D eigenvalue weighted by Gasteiger charge is 2.21. The van der Waals surface area contributed by atoms with Gasteiger partial charge in [-0.3, -0.25) is 0 Å². The average Bonchev–Trinajstić information content (AvgIpc) is 2.37. The van der Waals surface area contributed by atoms with E-state index in [2.05, 4.69) is 55.5 Å². The summed E-state index contributed by atoms with van der Waals surface area (Å²) in [5, 5.41) is 3.68. The zero-order valence-corrected chi connectivity index (χ0v) is 11.6. The number of hydrogen-bond acceptors (Lipinski definition) is 3. The van der Waals surface area contributed by atoms with Crippen LogP contribution in [-0.2, 0) is 11.3 Å². The van der Waals surface area contributed by atoms with E-state index in [1.165, 1.54) is 11.1 Å². The van der Waals surface area contributed by atoms with Crippen LogP contribution in [0.25, 0.3) is 0 Å². The van der Waals surface area contributed by atoms with Crippen molar-refractivity contribution >= 4 is 0 Å². The number of ether oxygens (including phenoxy) is 1. The minimum Gasteiger partial charge on any atom is -0.375 e. The molecule has 0 amide bonds. The van der Waals surface area contributed by atoms with E-state index >= 15 is 0 Å². The average molecular weight is 248 g/mol. The Bertz CT molecular complexity index is 379. The summed E-state index contributed by atoms with van der Waals surface area (Å²) >= 11 is 0. The van der Waals surface area contributed by atoms with Gasteiger partial charge in [0.2, 0.25) is 0 Å². The summed E-state index contributed by atoms with van der Waals surface area (Å²) in [5.41, 5.74) is 2.72. The van der Waals surface area contributed by atoms with E-state index in [4.69, 9.17) is 4.74 Å². The minimum atomic E-state index is 0.340. The first-order valence-corrected chi connectivity index (χ1v) is 6.73. The molecule has 18 heavy (non-hydrogen) atoms. The normalized spacial score (nSPS) is 20.8. The lowest BCUT2D eigenvalue weighted by Gasteiger charge is -2.29. The fraction of sp³-hybridized carbons (Fsp3) is 0.600. The molecular formula is C15H24N2O. The molecule has 1 heterocycles. The van der Waals surface area contributed by atoms with Crippen molar-refractivity contribution in [3.05, 3.63) is 35.4 Å². The quantitative estimate of drug-likeness (QED) is 0.864. The zero-order chi connectivity index (χ0) is 13.0. The van der Waals surface area contributed by atoms with Crippen LogP contribution in [0.15, 0.2) is 24.3 Å². The fourth-order valence-electron chi connectivity index (χ4n) is 2.40. The lowest BCUT2D eigenvalue weighted by atomic mass is 9.98. The molecule has 2 rings (SSSR count). The number of hydrogen-bond donors (Lipinski definition) is 1. The van der Waals surface area contributed by atoms with Crippen molar-refractivity contribution < 1.29 is 4.74 Å². The van der Waals surface area contributed by atoms with Crippen molar-refractivity contribution in [3.8, 4) is 0 Å². The van der Waals surface area contributed by atoms with Crippen molar-refractivity contribution in [2.24, 2.45) is 0 Å². The molecule has 2 atom stereocenters. The van der Waals surface area contributed by atoms with Gasteiger partial charge in [-0.1, -0.05) is 24.3 Å². The number of fused-ring (bicyclic) bond motifs is 1. The van der Waals surface area contributed by atoms with Gasteiger partial charge in [0.05, 0.1) is 19.3 Å². The van der Waals surface area contributed by atoms with Gasteiger partial charge >= 0.3 is 0 Å². The van der Waals surface area contributed by atoms with E-state index < -0.39 is 0 Å². The molecule has 1 aromatic rings. The first kappa shape index (κ1) is 13.5. The Morgan fingerprint density at radius 2 is 2.17 bits per heavy atom. The molecule has 0 radical (unpaired) electrons. The summed E-state index contributed by atoms with van der Waals surface area (Å²) in [7, 11) is 4.23. The predicted molar refractivity (Wildman–Crippen MR) is 74.6 cm³/mol. The summed E-state index contributed by atoms with van der Waals surface area (Å²) in [4.78, 5) is 2.23. The number of nitrogens with zero attached hydrogens (tertiary/aromatic N) is 1. The van der Waals surface area contributed by atoms with Crippen molar-refractivity contribution in [3.63, 3.8) is 0 Å². The van der Waals surface area contributed by atoms with Crippen LogP contribution in [0.1, 0.15) is 30.5 Å². The third-order valence-electron chi connectivity index (χ3n) is 3.47. The van der Waals surface area contributed by atoms with Crippen LogP contribution in [0.3, 0.4) is 0 Å². The van der Waals surface area contributed by atoms with Gasteiger partial charge in [-0.05, 0) is 45.1 Å². The Morgan fingerprint density at radius 1 is 1.39 bits per heavy atom. The van der Waals surface area contributed by atoms with Gasteiger partial charge in [-0.25, -0.2) is 0 Å². The van der Waals surface area contributed by atoms with Crippen molar-refractivity contribution in [1.82, 2.24) is 10.2 Å². The summed E-state index contributed by atoms with van der Waals surface area (Å²) in [6, 6.07) is 9.42. The number of nitrogens with one attached hydrogen (secondary N) is 1. The third-order valence-corrected chi connectivity index (χ3v) is 3.47. The molecule has 1 aliphatic rings. The first-order chi connectivity index (χ1) is 8.66. The first-order valence-electron chi connectivity index (χ1n) is 6.73. The Morgan fingerprint density at radius 3 is 2.94 bits per heavy atom. The smallest absolute Gasteiger partial charge is 0.0721 e. The topological polar surface area (TPSA) is 24.5 Å². The molecule has 1 N–H and O–H groups in total. The molecule has 0 fully saturated rings. The standard InChI is InChI=1S/C15H24N2O/c1-12(8-9-17(2)3)16-15-11-18-10-13-6-4-5-7-14(13)15/h4-7,12,15-16H,8-11H2,1-3H3. The summed E-state index contributed by atoms with van der Waals surface area (Å²) < 4.78 is 5.66. The van der Waals surface area contributed by atoms with E-state index in [9.17, 15) is 0 Å². The van der Waals surface area contributed by atoms with Gasteiger partial charge in [0.25, 0.3) is 0 Å². The van der Waals surface area contributed by atoms with E-state index in [0.29, 0.717) is 12.1 Å². The van der Waals surface area contributed by atoms with E-state index in [-0.39, 0.29) is 0 Å². The lowest BCUT2D eigenvalue weighted by molar-refractivity contribution is 0.0784. The fourth-order valence-corrected chi connectivity index (χ4v) is 2.40. The lowest BCUT2D eigenvalue weighted by Crippen LogP contribution is -2.37. The molecule has 2 unspecified atom stereocenters. The van der Waals surface area contributed by atoms with Crippen molar-refractivity contribution in [2.75, 3.05) is 27.2 Å². The van der Waals surface area contributed by atoms with Gasteiger partial charge < -0.3 is 15.0 Å². The summed E-state index contributed by atoms with van der Waals surface area (Å²) in [5.74, 6) is 0. The molecule has 3 nitrogen and oxygen atoms in total. The summed E-state index contributed by atoms with van der Waals surface area (Å²) in [6.45, 7) is 4.90. The summed E-state index contributed by atoms with van der Waals surface area (Å²) in [6.07, 6.45) is 1.16. The molecule has 0 saturated heterocycles. The molecule has 1 aromatic carbocycles. The molecule has 0 bridgehead atoms. The Balaban J connectivity index is 1.94. The van der Waals surface area contributed by atoms with Crippen LogP contribution in [0, 0.1) is 0 Å². The van der Waals surface area contributed by atoms with Crippen molar-refractivity contribution in [2.45, 2.75) is 32.0 Å². The number of benzene rings is 1. The second-order valence-corrected chi connectivity index (χ2v) is 5.43. The highest BCUT2D eigenvalue weighted by atomic mass is 16.5. The second kappa shape index (κ2) is 6.32. The third kappa shape index (κ3) is 3.55. The van der Waals surface area contributed by atoms with Gasteiger partial charge in [0.1, 0.15) is 0 Å². The Hall–Kier alpha value is -0.900. The van der Waals surface area contributed by atoms with E-state index in [1.54, 1.807) is 0 Å². The SMILES string of the molecule is CC(CCN(C)C)NC1COCc2ccccc21. The van der Waals surface area contributed by atoms with Crippen LogP contribution in [0.4, 0.5) is 0 Å². The van der Waals surface area contributed by atoms with Gasteiger partial charge in [0.15, 0.2) is 0 Å². The van der Waals surface area contributed by atoms with Crippen molar-refractivity contribution in [1.29, 1.82) is 0 Å². The molecule has 0 saturated carbocycles.